The number of nitrogens with zero attached hydrogens (tertiary/aromatic N) is 1. The first kappa shape index (κ1) is 20.9. The molecule has 1 aromatic heterocycles. The summed E-state index contributed by atoms with van der Waals surface area (Å²) in [6.07, 6.45) is 0.792. The number of halogens is 2. The van der Waals surface area contributed by atoms with Gasteiger partial charge < -0.3 is 11.1 Å². The van der Waals surface area contributed by atoms with E-state index in [-0.39, 0.29) is 36.8 Å². The lowest BCUT2D eigenvalue weighted by Gasteiger charge is -2.18. The average Bonchev–Trinajstić information content (AvgIpc) is 2.91. The zero-order valence-electron chi connectivity index (χ0n) is 12.5. The molecule has 2 unspecified atom stereocenters. The van der Waals surface area contributed by atoms with E-state index in [0.29, 0.717) is 0 Å². The molecule has 0 aliphatic heterocycles. The van der Waals surface area contributed by atoms with Gasteiger partial charge in [0, 0.05) is 11.1 Å². The van der Waals surface area contributed by atoms with E-state index < -0.39 is 6.04 Å². The minimum atomic E-state index is -0.647. The first-order valence-corrected chi connectivity index (χ1v) is 7.52. The highest BCUT2D eigenvalue weighted by atomic mass is 35.5. The maximum Gasteiger partial charge on any atom is 0.242 e. The van der Waals surface area contributed by atoms with Crippen LogP contribution in [0.2, 0.25) is 0 Å². The van der Waals surface area contributed by atoms with Crippen molar-refractivity contribution >= 4 is 42.1 Å². The molecular weight excluding hydrogens is 341 g/mol. The summed E-state index contributed by atoms with van der Waals surface area (Å²) in [4.78, 5) is 16.7. The maximum absolute atomic E-state index is 12.2. The second-order valence-electron chi connectivity index (χ2n) is 4.68. The van der Waals surface area contributed by atoms with E-state index in [1.54, 1.807) is 11.3 Å². The van der Waals surface area contributed by atoms with Crippen LogP contribution in [0.5, 0.6) is 0 Å². The first-order chi connectivity index (χ1) is 9.61. The highest BCUT2D eigenvalue weighted by Gasteiger charge is 2.21. The van der Waals surface area contributed by atoms with Gasteiger partial charge in [-0.1, -0.05) is 37.3 Å². The molecule has 0 radical (unpaired) electrons. The molecule has 1 aromatic carbocycles. The van der Waals surface area contributed by atoms with Gasteiger partial charge in [0.1, 0.15) is 11.0 Å². The monoisotopic (exact) mass is 361 g/mol. The summed E-state index contributed by atoms with van der Waals surface area (Å²) in [5.74, 6) is -0.170. The standard InChI is InChI=1S/C15H19N3OS.2ClH/c1-3-12(15-17-10(2)9-20-15)18-14(19)13(16)11-7-5-4-6-8-11;;/h4-9,12-13H,3,16H2,1-2H3,(H,18,19);2*1H. The number of amides is 1. The lowest BCUT2D eigenvalue weighted by Crippen LogP contribution is -2.36. The van der Waals surface area contributed by atoms with Crippen LogP contribution in [-0.2, 0) is 4.79 Å². The van der Waals surface area contributed by atoms with Crippen LogP contribution < -0.4 is 11.1 Å². The molecule has 0 bridgehead atoms. The average molecular weight is 362 g/mol. The number of aromatic nitrogens is 1. The molecule has 122 valence electrons. The fraction of sp³-hybridized carbons (Fsp3) is 0.333. The molecule has 0 saturated carbocycles. The number of carbonyl (C=O) groups excluding carboxylic acids is 1. The van der Waals surface area contributed by atoms with Crippen LogP contribution in [-0.4, -0.2) is 10.9 Å². The van der Waals surface area contributed by atoms with Crippen LogP contribution >= 0.6 is 36.2 Å². The molecule has 0 aliphatic carbocycles. The van der Waals surface area contributed by atoms with Crippen LogP contribution in [0.3, 0.4) is 0 Å². The number of nitrogens with two attached hydrogens (primary N) is 1. The van der Waals surface area contributed by atoms with E-state index >= 15 is 0 Å². The molecule has 4 nitrogen and oxygen atoms in total. The van der Waals surface area contributed by atoms with Crippen molar-refractivity contribution in [2.75, 3.05) is 0 Å². The number of benzene rings is 1. The van der Waals surface area contributed by atoms with E-state index in [4.69, 9.17) is 5.73 Å². The van der Waals surface area contributed by atoms with Gasteiger partial charge in [0.2, 0.25) is 5.91 Å². The Morgan fingerprint density at radius 2 is 1.95 bits per heavy atom. The van der Waals surface area contributed by atoms with E-state index in [0.717, 1.165) is 22.7 Å². The molecule has 2 atom stereocenters. The molecule has 0 spiro atoms. The summed E-state index contributed by atoms with van der Waals surface area (Å²) in [7, 11) is 0. The maximum atomic E-state index is 12.2. The van der Waals surface area contributed by atoms with E-state index in [2.05, 4.69) is 10.3 Å². The Kier molecular flexibility index (Phi) is 9.28. The predicted molar refractivity (Wildman–Crippen MR) is 95.9 cm³/mol. The van der Waals surface area contributed by atoms with E-state index in [9.17, 15) is 4.79 Å². The highest BCUT2D eigenvalue weighted by molar-refractivity contribution is 7.09. The molecule has 1 heterocycles. The molecular formula is C15H21Cl2N3OS. The molecule has 7 heteroatoms. The summed E-state index contributed by atoms with van der Waals surface area (Å²) >= 11 is 1.57. The molecule has 22 heavy (non-hydrogen) atoms. The zero-order valence-corrected chi connectivity index (χ0v) is 14.9. The second-order valence-corrected chi connectivity index (χ2v) is 5.57. The largest absolute Gasteiger partial charge is 0.345 e. The van der Waals surface area contributed by atoms with Crippen molar-refractivity contribution in [3.8, 4) is 0 Å². The summed E-state index contributed by atoms with van der Waals surface area (Å²) in [6.45, 7) is 3.97. The number of rotatable bonds is 5. The van der Waals surface area contributed by atoms with Gasteiger partial charge in [-0.25, -0.2) is 4.98 Å². The summed E-state index contributed by atoms with van der Waals surface area (Å²) in [6, 6.07) is 8.66. The van der Waals surface area contributed by atoms with Crippen molar-refractivity contribution < 1.29 is 4.79 Å². The van der Waals surface area contributed by atoms with Crippen LogP contribution in [0.15, 0.2) is 35.7 Å². The van der Waals surface area contributed by atoms with Crippen LogP contribution in [0.4, 0.5) is 0 Å². The minimum Gasteiger partial charge on any atom is -0.345 e. The van der Waals surface area contributed by atoms with Crippen molar-refractivity contribution in [2.24, 2.45) is 5.73 Å². The number of aryl methyl sites for hydroxylation is 1. The second kappa shape index (κ2) is 9.79. The smallest absolute Gasteiger partial charge is 0.242 e. The molecule has 1 amide bonds. The Balaban J connectivity index is 0.00000220. The van der Waals surface area contributed by atoms with Gasteiger partial charge in [0.05, 0.1) is 6.04 Å². The van der Waals surface area contributed by atoms with Crippen LogP contribution in [0, 0.1) is 6.92 Å². The van der Waals surface area contributed by atoms with Gasteiger partial charge >= 0.3 is 0 Å². The lowest BCUT2D eigenvalue weighted by molar-refractivity contribution is -0.123. The van der Waals surface area contributed by atoms with Crippen molar-refractivity contribution in [3.63, 3.8) is 0 Å². The number of hydrogen-bond acceptors (Lipinski definition) is 4. The number of hydrogen-bond donors (Lipinski definition) is 2. The summed E-state index contributed by atoms with van der Waals surface area (Å²) in [5.41, 5.74) is 7.79. The van der Waals surface area contributed by atoms with Gasteiger partial charge in [-0.3, -0.25) is 4.79 Å². The Hall–Kier alpha value is -1.14. The van der Waals surface area contributed by atoms with Crippen molar-refractivity contribution in [3.05, 3.63) is 52.0 Å². The topological polar surface area (TPSA) is 68.0 Å². The van der Waals surface area contributed by atoms with Crippen LogP contribution in [0.25, 0.3) is 0 Å². The van der Waals surface area contributed by atoms with Gasteiger partial charge in [-0.05, 0) is 18.9 Å². The fourth-order valence-electron chi connectivity index (χ4n) is 1.94. The fourth-order valence-corrected chi connectivity index (χ4v) is 2.87. The zero-order chi connectivity index (χ0) is 14.5. The summed E-state index contributed by atoms with van der Waals surface area (Å²) < 4.78 is 0. The third-order valence-corrected chi connectivity index (χ3v) is 4.18. The minimum absolute atomic E-state index is 0. The van der Waals surface area contributed by atoms with Gasteiger partial charge in [0.25, 0.3) is 0 Å². The van der Waals surface area contributed by atoms with Crippen molar-refractivity contribution in [1.82, 2.24) is 10.3 Å². The molecule has 0 saturated heterocycles. The van der Waals surface area contributed by atoms with Crippen molar-refractivity contribution in [2.45, 2.75) is 32.4 Å². The molecule has 0 fully saturated rings. The first-order valence-electron chi connectivity index (χ1n) is 6.64. The third-order valence-electron chi connectivity index (χ3n) is 3.10. The Morgan fingerprint density at radius 1 is 1.32 bits per heavy atom. The highest BCUT2D eigenvalue weighted by Crippen LogP contribution is 2.21. The lowest BCUT2D eigenvalue weighted by atomic mass is 10.1. The predicted octanol–water partition coefficient (Wildman–Crippen LogP) is 3.56. The molecule has 0 aliphatic rings. The Bertz CT molecular complexity index is 577. The van der Waals surface area contributed by atoms with E-state index in [1.807, 2.05) is 49.6 Å². The normalized spacial score (nSPS) is 12.5. The number of nitrogens with one attached hydrogen (secondary N) is 1. The van der Waals surface area contributed by atoms with Crippen LogP contribution in [0.1, 0.15) is 41.7 Å². The van der Waals surface area contributed by atoms with E-state index in [1.165, 1.54) is 0 Å². The Labute approximate surface area is 147 Å². The number of carbonyl (C=O) groups is 1. The molecule has 2 aromatic rings. The van der Waals surface area contributed by atoms with Gasteiger partial charge in [0.15, 0.2) is 0 Å². The quantitative estimate of drug-likeness (QED) is 0.855. The Morgan fingerprint density at radius 3 is 2.45 bits per heavy atom. The van der Waals surface area contributed by atoms with Crippen molar-refractivity contribution in [1.29, 1.82) is 0 Å². The number of thiazole rings is 1. The SMILES string of the molecule is CCC(NC(=O)C(N)c1ccccc1)c1nc(C)cs1.Cl.Cl. The van der Waals surface area contributed by atoms with Gasteiger partial charge in [-0.15, -0.1) is 36.2 Å². The van der Waals surface area contributed by atoms with Gasteiger partial charge in [-0.2, -0.15) is 0 Å². The molecule has 2 rings (SSSR count). The summed E-state index contributed by atoms with van der Waals surface area (Å²) in [5, 5.41) is 5.90. The molecule has 3 N–H and O–H groups in total. The third kappa shape index (κ3) is 5.25.